The fourth-order valence-corrected chi connectivity index (χ4v) is 3.07. The second kappa shape index (κ2) is 8.34. The Kier molecular flexibility index (Phi) is 5.44. The topological polar surface area (TPSA) is 107 Å². The first kappa shape index (κ1) is 20.2. The summed E-state index contributed by atoms with van der Waals surface area (Å²) < 4.78 is 25.1. The molecule has 2 amide bonds. The van der Waals surface area contributed by atoms with Crippen LogP contribution in [0.1, 0.15) is 17.4 Å². The predicted octanol–water partition coefficient (Wildman–Crippen LogP) is 2.35. The normalized spacial score (nSPS) is 17.9. The van der Waals surface area contributed by atoms with E-state index < -0.39 is 29.8 Å². The van der Waals surface area contributed by atoms with Crippen LogP contribution in [0.4, 0.5) is 10.2 Å². The number of anilines is 1. The van der Waals surface area contributed by atoms with Gasteiger partial charge in [0.25, 0.3) is 11.8 Å². The number of fused-ring (bicyclic) bond motifs is 1. The van der Waals surface area contributed by atoms with Gasteiger partial charge in [-0.15, -0.1) is 5.10 Å². The van der Waals surface area contributed by atoms with E-state index in [1.807, 2.05) is 0 Å². The molecule has 0 radical (unpaired) electrons. The number of carbonyl (C=O) groups is 2. The number of aromatic nitrogens is 3. The van der Waals surface area contributed by atoms with Gasteiger partial charge in [0.1, 0.15) is 17.9 Å². The van der Waals surface area contributed by atoms with Gasteiger partial charge in [0.05, 0.1) is 6.20 Å². The van der Waals surface area contributed by atoms with Crippen LogP contribution >= 0.6 is 0 Å². The summed E-state index contributed by atoms with van der Waals surface area (Å²) in [7, 11) is 1.55. The quantitative estimate of drug-likeness (QED) is 0.686. The van der Waals surface area contributed by atoms with E-state index in [2.05, 4.69) is 20.5 Å². The number of pyridine rings is 1. The van der Waals surface area contributed by atoms with Crippen molar-refractivity contribution in [2.24, 2.45) is 0 Å². The highest BCUT2D eigenvalue weighted by Crippen LogP contribution is 2.30. The molecule has 0 aliphatic carbocycles. The Labute approximate surface area is 176 Å². The molecule has 0 saturated carbocycles. The molecule has 0 unspecified atom stereocenters. The molecule has 1 aromatic carbocycles. The molecule has 4 rings (SSSR count). The van der Waals surface area contributed by atoms with E-state index in [-0.39, 0.29) is 17.2 Å². The van der Waals surface area contributed by atoms with Crippen LogP contribution in [0.5, 0.6) is 17.2 Å². The number of hydrogen-bond donors (Lipinski definition) is 1. The van der Waals surface area contributed by atoms with Gasteiger partial charge in [0, 0.05) is 19.3 Å². The van der Waals surface area contributed by atoms with Crippen molar-refractivity contribution in [2.45, 2.75) is 19.1 Å². The van der Waals surface area contributed by atoms with Gasteiger partial charge in [0.2, 0.25) is 0 Å². The lowest BCUT2D eigenvalue weighted by molar-refractivity contribution is -0.121. The van der Waals surface area contributed by atoms with Crippen LogP contribution in [0.2, 0.25) is 0 Å². The molecule has 31 heavy (non-hydrogen) atoms. The van der Waals surface area contributed by atoms with Gasteiger partial charge < -0.3 is 14.8 Å². The Hall–Kier alpha value is -4.08. The number of likely N-dealkylation sites (N-methyl/N-ethyl adjacent to an activating group) is 1. The first-order valence-electron chi connectivity index (χ1n) is 9.39. The summed E-state index contributed by atoms with van der Waals surface area (Å²) in [6, 6.07) is 9.54. The average Bonchev–Trinajstić information content (AvgIpc) is 2.86. The van der Waals surface area contributed by atoms with Crippen LogP contribution in [0.25, 0.3) is 0 Å². The van der Waals surface area contributed by atoms with Crippen LogP contribution in [0, 0.1) is 5.82 Å². The van der Waals surface area contributed by atoms with Gasteiger partial charge in [-0.2, -0.15) is 5.10 Å². The third kappa shape index (κ3) is 4.13. The Morgan fingerprint density at radius 3 is 2.87 bits per heavy atom. The monoisotopic (exact) mass is 423 g/mol. The minimum Gasteiger partial charge on any atom is -0.484 e. The van der Waals surface area contributed by atoms with Crippen LogP contribution in [-0.2, 0) is 4.79 Å². The summed E-state index contributed by atoms with van der Waals surface area (Å²) in [5, 5.41) is 10.1. The minimum atomic E-state index is -0.996. The van der Waals surface area contributed by atoms with Crippen molar-refractivity contribution in [3.8, 4) is 17.2 Å². The van der Waals surface area contributed by atoms with E-state index >= 15 is 0 Å². The SMILES string of the molecule is C[C@H]1Oc2cccnc2N(C)C(=O)[C@H]1NC(=O)c1cc(Oc2ccccc2F)cnn1. The number of nitrogens with zero attached hydrogens (tertiary/aromatic N) is 4. The molecule has 1 N–H and O–H groups in total. The number of halogens is 1. The highest BCUT2D eigenvalue weighted by molar-refractivity contribution is 6.02. The maximum atomic E-state index is 13.8. The summed E-state index contributed by atoms with van der Waals surface area (Å²) >= 11 is 0. The molecule has 2 atom stereocenters. The van der Waals surface area contributed by atoms with E-state index in [0.717, 1.165) is 0 Å². The molecule has 10 heteroatoms. The zero-order valence-corrected chi connectivity index (χ0v) is 16.7. The molecule has 0 saturated heterocycles. The zero-order chi connectivity index (χ0) is 22.0. The molecule has 1 aliphatic heterocycles. The van der Waals surface area contributed by atoms with E-state index in [4.69, 9.17) is 9.47 Å². The average molecular weight is 423 g/mol. The van der Waals surface area contributed by atoms with Gasteiger partial charge in [-0.1, -0.05) is 12.1 Å². The number of rotatable bonds is 4. The molecular weight excluding hydrogens is 405 g/mol. The van der Waals surface area contributed by atoms with Gasteiger partial charge in [0.15, 0.2) is 28.8 Å². The molecule has 1 aliphatic rings. The van der Waals surface area contributed by atoms with Gasteiger partial charge in [-0.25, -0.2) is 9.37 Å². The standard InChI is InChI=1S/C21H18FN5O4/c1-12-18(21(29)27(2)19-17(30-12)8-5-9-23-19)25-20(28)15-10-13(11-24-26-15)31-16-7-4-3-6-14(16)22/h3-12,18H,1-2H3,(H,25,28)/t12-,18+/m1/s1. The Morgan fingerprint density at radius 1 is 1.26 bits per heavy atom. The van der Waals surface area contributed by atoms with E-state index in [1.54, 1.807) is 38.4 Å². The van der Waals surface area contributed by atoms with Crippen molar-refractivity contribution < 1.29 is 23.5 Å². The van der Waals surface area contributed by atoms with Gasteiger partial charge >= 0.3 is 0 Å². The summed E-state index contributed by atoms with van der Waals surface area (Å²) in [5.41, 5.74) is -0.101. The number of hydrogen-bond acceptors (Lipinski definition) is 7. The van der Waals surface area contributed by atoms with Crippen LogP contribution in [0.15, 0.2) is 54.9 Å². The van der Waals surface area contributed by atoms with E-state index in [9.17, 15) is 14.0 Å². The summed E-state index contributed by atoms with van der Waals surface area (Å²) in [4.78, 5) is 31.2. The molecule has 2 aromatic heterocycles. The van der Waals surface area contributed by atoms with Crippen LogP contribution < -0.4 is 19.7 Å². The maximum absolute atomic E-state index is 13.8. The minimum absolute atomic E-state index is 0.0188. The molecular formula is C21H18FN5O4. The van der Waals surface area contributed by atoms with Crippen molar-refractivity contribution >= 4 is 17.6 Å². The maximum Gasteiger partial charge on any atom is 0.272 e. The van der Waals surface area contributed by atoms with Crippen LogP contribution in [-0.4, -0.2) is 46.2 Å². The number of ether oxygens (including phenoxy) is 2. The second-order valence-corrected chi connectivity index (χ2v) is 6.81. The van der Waals surface area contributed by atoms with Crippen molar-refractivity contribution in [3.63, 3.8) is 0 Å². The molecule has 158 valence electrons. The number of benzene rings is 1. The number of nitrogens with one attached hydrogen (secondary N) is 1. The van der Waals surface area contributed by atoms with E-state index in [0.29, 0.717) is 11.6 Å². The number of carbonyl (C=O) groups excluding carboxylic acids is 2. The molecule has 9 nitrogen and oxygen atoms in total. The van der Waals surface area contributed by atoms with Gasteiger partial charge in [-0.05, 0) is 31.2 Å². The fourth-order valence-electron chi connectivity index (χ4n) is 3.07. The van der Waals surface area contributed by atoms with Crippen molar-refractivity contribution in [1.82, 2.24) is 20.5 Å². The number of para-hydroxylation sites is 1. The molecule has 0 fully saturated rings. The first-order valence-corrected chi connectivity index (χ1v) is 9.39. The first-order chi connectivity index (χ1) is 14.9. The third-order valence-corrected chi connectivity index (χ3v) is 4.66. The lowest BCUT2D eigenvalue weighted by Crippen LogP contribution is -2.53. The van der Waals surface area contributed by atoms with Crippen LogP contribution in [0.3, 0.4) is 0 Å². The Morgan fingerprint density at radius 2 is 2.06 bits per heavy atom. The highest BCUT2D eigenvalue weighted by Gasteiger charge is 2.36. The van der Waals surface area contributed by atoms with Crippen molar-refractivity contribution in [3.05, 3.63) is 66.4 Å². The van der Waals surface area contributed by atoms with E-state index in [1.165, 1.54) is 35.4 Å². The van der Waals surface area contributed by atoms with Gasteiger partial charge in [-0.3, -0.25) is 14.5 Å². The molecule has 0 spiro atoms. The summed E-state index contributed by atoms with van der Waals surface area (Å²) in [5.74, 6) is -0.724. The highest BCUT2D eigenvalue weighted by atomic mass is 19.1. The third-order valence-electron chi connectivity index (χ3n) is 4.66. The second-order valence-electron chi connectivity index (χ2n) is 6.81. The number of amides is 2. The Bertz CT molecular complexity index is 1140. The van der Waals surface area contributed by atoms with Crippen molar-refractivity contribution in [2.75, 3.05) is 11.9 Å². The summed E-state index contributed by atoms with van der Waals surface area (Å²) in [6.07, 6.45) is 2.13. The predicted molar refractivity (Wildman–Crippen MR) is 107 cm³/mol. The lowest BCUT2D eigenvalue weighted by Gasteiger charge is -2.23. The molecule has 3 aromatic rings. The fraction of sp³-hybridized carbons (Fsp3) is 0.190. The zero-order valence-electron chi connectivity index (χ0n) is 16.7. The summed E-state index contributed by atoms with van der Waals surface area (Å²) in [6.45, 7) is 1.67. The largest absolute Gasteiger partial charge is 0.484 e. The van der Waals surface area contributed by atoms with Crippen molar-refractivity contribution in [1.29, 1.82) is 0 Å². The smallest absolute Gasteiger partial charge is 0.272 e. The molecule has 3 heterocycles. The lowest BCUT2D eigenvalue weighted by atomic mass is 10.1. The molecule has 0 bridgehead atoms. The Balaban J connectivity index is 1.53.